The van der Waals surface area contributed by atoms with Gasteiger partial charge in [-0.1, -0.05) is 36.4 Å². The summed E-state index contributed by atoms with van der Waals surface area (Å²) in [5.74, 6) is 2.80. The quantitative estimate of drug-likeness (QED) is 0.148. The molecule has 0 spiro atoms. The molecule has 5 rings (SSSR count). The standard InChI is InChI=1S/C31H29N5O4S/c1-20-9-4-7-14-28(20)40-19-29(37)32-21-10-8-11-25(17-21)41-36-31-30(34-26-12-5-6-13-27(26)35-31)33-22-15-23(38-2)18-24(16-22)39-3/h4-18H,19H2,1-3H3,(H,32,37)(H,33,34)(H,35,36). The number of benzene rings is 4. The molecule has 1 amide bonds. The van der Waals surface area contributed by atoms with E-state index in [1.165, 1.54) is 11.9 Å². The molecule has 0 saturated carbocycles. The number of nitrogens with zero attached hydrogens (tertiary/aromatic N) is 2. The molecule has 208 valence electrons. The summed E-state index contributed by atoms with van der Waals surface area (Å²) >= 11 is 1.35. The molecule has 1 aromatic heterocycles. The number of aryl methyl sites for hydroxylation is 1. The second-order valence-electron chi connectivity index (χ2n) is 8.97. The Morgan fingerprint density at radius 3 is 2.17 bits per heavy atom. The second kappa shape index (κ2) is 12.9. The van der Waals surface area contributed by atoms with E-state index in [-0.39, 0.29) is 12.5 Å². The zero-order chi connectivity index (χ0) is 28.6. The van der Waals surface area contributed by atoms with Crippen LogP contribution in [0.15, 0.2) is 95.9 Å². The van der Waals surface area contributed by atoms with Gasteiger partial charge in [-0.3, -0.25) is 4.79 Å². The first-order valence-corrected chi connectivity index (χ1v) is 13.6. The Balaban J connectivity index is 1.31. The molecule has 10 heteroatoms. The SMILES string of the molecule is COc1cc(Nc2nc3ccccc3nc2NSc2cccc(NC(=O)COc3ccccc3C)c2)cc(OC)c1. The highest BCUT2D eigenvalue weighted by atomic mass is 32.2. The van der Waals surface area contributed by atoms with E-state index >= 15 is 0 Å². The van der Waals surface area contributed by atoms with Crippen molar-refractivity contribution in [3.63, 3.8) is 0 Å². The van der Waals surface area contributed by atoms with Crippen LogP contribution < -0.4 is 29.6 Å². The lowest BCUT2D eigenvalue weighted by Crippen LogP contribution is -2.20. The first kappa shape index (κ1) is 27.6. The molecule has 0 unspecified atom stereocenters. The van der Waals surface area contributed by atoms with Gasteiger partial charge in [-0.25, -0.2) is 9.97 Å². The zero-order valence-corrected chi connectivity index (χ0v) is 23.6. The van der Waals surface area contributed by atoms with Crippen molar-refractivity contribution < 1.29 is 19.0 Å². The van der Waals surface area contributed by atoms with Crippen LogP contribution in [0.2, 0.25) is 0 Å². The maximum absolute atomic E-state index is 12.5. The van der Waals surface area contributed by atoms with E-state index in [1.807, 2.05) is 91.9 Å². The van der Waals surface area contributed by atoms with Gasteiger partial charge in [-0.05, 0) is 60.8 Å². The summed E-state index contributed by atoms with van der Waals surface area (Å²) in [5.41, 5.74) is 3.86. The molecule has 41 heavy (non-hydrogen) atoms. The van der Waals surface area contributed by atoms with Crippen LogP contribution >= 0.6 is 11.9 Å². The Morgan fingerprint density at radius 1 is 0.780 bits per heavy atom. The molecule has 5 aromatic rings. The van der Waals surface area contributed by atoms with Crippen molar-refractivity contribution in [2.75, 3.05) is 36.2 Å². The molecule has 0 aliphatic carbocycles. The van der Waals surface area contributed by atoms with Gasteiger partial charge in [0.2, 0.25) is 0 Å². The molecule has 0 fully saturated rings. The molecule has 0 atom stereocenters. The fraction of sp³-hybridized carbons (Fsp3) is 0.129. The zero-order valence-electron chi connectivity index (χ0n) is 22.8. The number of aromatic nitrogens is 2. The Bertz CT molecular complexity index is 1660. The summed E-state index contributed by atoms with van der Waals surface area (Å²) in [5, 5.41) is 6.23. The van der Waals surface area contributed by atoms with Crippen LogP contribution in [-0.2, 0) is 4.79 Å². The minimum atomic E-state index is -0.246. The van der Waals surface area contributed by atoms with Crippen LogP contribution in [0, 0.1) is 6.92 Å². The Labute approximate surface area is 242 Å². The molecule has 0 saturated heterocycles. The van der Waals surface area contributed by atoms with Crippen LogP contribution in [0.1, 0.15) is 5.56 Å². The fourth-order valence-electron chi connectivity index (χ4n) is 3.98. The number of rotatable bonds is 11. The van der Waals surface area contributed by atoms with Gasteiger partial charge < -0.3 is 29.6 Å². The van der Waals surface area contributed by atoms with Crippen molar-refractivity contribution in [2.45, 2.75) is 11.8 Å². The number of anilines is 4. The van der Waals surface area contributed by atoms with Crippen molar-refractivity contribution in [3.8, 4) is 17.2 Å². The van der Waals surface area contributed by atoms with E-state index in [9.17, 15) is 4.79 Å². The number of hydrogen-bond acceptors (Lipinski definition) is 9. The average Bonchev–Trinajstić information content (AvgIpc) is 2.99. The van der Waals surface area contributed by atoms with E-state index in [1.54, 1.807) is 20.3 Å². The first-order valence-electron chi connectivity index (χ1n) is 12.8. The van der Waals surface area contributed by atoms with Crippen molar-refractivity contribution in [3.05, 3.63) is 96.6 Å². The highest BCUT2D eigenvalue weighted by molar-refractivity contribution is 8.00. The molecule has 9 nitrogen and oxygen atoms in total. The number of amides is 1. The second-order valence-corrected chi connectivity index (χ2v) is 9.85. The van der Waals surface area contributed by atoms with Crippen LogP contribution in [-0.4, -0.2) is 36.7 Å². The van der Waals surface area contributed by atoms with Gasteiger partial charge in [0.05, 0.1) is 25.3 Å². The normalized spacial score (nSPS) is 10.6. The molecule has 0 aliphatic rings. The van der Waals surface area contributed by atoms with Crippen molar-refractivity contribution in [1.82, 2.24) is 9.97 Å². The van der Waals surface area contributed by atoms with Crippen LogP contribution in [0.3, 0.4) is 0 Å². The van der Waals surface area contributed by atoms with Gasteiger partial charge in [0.15, 0.2) is 18.2 Å². The molecule has 1 heterocycles. The van der Waals surface area contributed by atoms with E-state index < -0.39 is 0 Å². The van der Waals surface area contributed by atoms with Crippen molar-refractivity contribution >= 4 is 51.9 Å². The Morgan fingerprint density at radius 2 is 1.46 bits per heavy atom. The summed E-state index contributed by atoms with van der Waals surface area (Å²) in [4.78, 5) is 23.0. The lowest BCUT2D eigenvalue weighted by atomic mass is 10.2. The third-order valence-corrected chi connectivity index (χ3v) is 6.81. The van der Waals surface area contributed by atoms with E-state index in [4.69, 9.17) is 24.2 Å². The lowest BCUT2D eigenvalue weighted by Gasteiger charge is -2.15. The summed E-state index contributed by atoms with van der Waals surface area (Å²) < 4.78 is 19.8. The highest BCUT2D eigenvalue weighted by Gasteiger charge is 2.12. The number of nitrogens with one attached hydrogen (secondary N) is 3. The number of methoxy groups -OCH3 is 2. The molecular formula is C31H29N5O4S. The minimum Gasteiger partial charge on any atom is -0.497 e. The monoisotopic (exact) mass is 567 g/mol. The Hall–Kier alpha value is -4.96. The third-order valence-electron chi connectivity index (χ3n) is 6.02. The summed E-state index contributed by atoms with van der Waals surface area (Å²) in [7, 11) is 3.21. The topological polar surface area (TPSA) is 107 Å². The number of carbonyl (C=O) groups excluding carboxylic acids is 1. The third kappa shape index (κ3) is 7.17. The minimum absolute atomic E-state index is 0.0861. The smallest absolute Gasteiger partial charge is 0.262 e. The van der Waals surface area contributed by atoms with E-state index in [2.05, 4.69) is 15.4 Å². The molecule has 3 N–H and O–H groups in total. The van der Waals surface area contributed by atoms with E-state index in [0.717, 1.165) is 27.2 Å². The van der Waals surface area contributed by atoms with Gasteiger partial charge in [0, 0.05) is 34.5 Å². The first-order chi connectivity index (χ1) is 20.0. The number of fused-ring (bicyclic) bond motifs is 1. The predicted octanol–water partition coefficient (Wildman–Crippen LogP) is 6.84. The molecule has 0 bridgehead atoms. The number of para-hydroxylation sites is 3. The maximum Gasteiger partial charge on any atom is 0.262 e. The van der Waals surface area contributed by atoms with Crippen LogP contribution in [0.5, 0.6) is 17.2 Å². The summed E-state index contributed by atoms with van der Waals surface area (Å²) in [6, 6.07) is 28.3. The van der Waals surface area contributed by atoms with Crippen molar-refractivity contribution in [1.29, 1.82) is 0 Å². The number of ether oxygens (including phenoxy) is 3. The van der Waals surface area contributed by atoms with Gasteiger partial charge >= 0.3 is 0 Å². The van der Waals surface area contributed by atoms with Gasteiger partial charge in [0.25, 0.3) is 5.91 Å². The summed E-state index contributed by atoms with van der Waals surface area (Å²) in [6.07, 6.45) is 0. The number of hydrogen-bond donors (Lipinski definition) is 3. The van der Waals surface area contributed by atoms with Gasteiger partial charge in [-0.15, -0.1) is 0 Å². The molecule has 4 aromatic carbocycles. The highest BCUT2D eigenvalue weighted by Crippen LogP contribution is 2.32. The lowest BCUT2D eigenvalue weighted by molar-refractivity contribution is -0.118. The largest absolute Gasteiger partial charge is 0.497 e. The van der Waals surface area contributed by atoms with Gasteiger partial charge in [0.1, 0.15) is 17.2 Å². The van der Waals surface area contributed by atoms with E-state index in [0.29, 0.717) is 34.6 Å². The van der Waals surface area contributed by atoms with Gasteiger partial charge in [-0.2, -0.15) is 0 Å². The number of carbonyl (C=O) groups is 1. The summed E-state index contributed by atoms with van der Waals surface area (Å²) in [6.45, 7) is 1.85. The fourth-order valence-corrected chi connectivity index (χ4v) is 4.67. The molecular weight excluding hydrogens is 538 g/mol. The van der Waals surface area contributed by atoms with Crippen LogP contribution in [0.25, 0.3) is 11.0 Å². The van der Waals surface area contributed by atoms with Crippen molar-refractivity contribution in [2.24, 2.45) is 0 Å². The average molecular weight is 568 g/mol. The Kier molecular flexibility index (Phi) is 8.70. The maximum atomic E-state index is 12.5. The predicted molar refractivity (Wildman–Crippen MR) is 164 cm³/mol. The molecule has 0 aliphatic heterocycles. The van der Waals surface area contributed by atoms with Crippen LogP contribution in [0.4, 0.5) is 23.0 Å². The molecule has 0 radical (unpaired) electrons.